The number of nitrogens with one attached hydrogen (secondary N) is 1. The van der Waals surface area contributed by atoms with Crippen LogP contribution < -0.4 is 5.32 Å². The van der Waals surface area contributed by atoms with Crippen molar-refractivity contribution in [2.45, 2.75) is 65.5 Å². The standard InChI is InChI=1S/C18H31NO/c1-7-18(8-2,20-6)17(19-9-3)13-16-11-14(4)10-15(5)12-16/h10-12,17,19H,7-9,13H2,1-6H3. The molecule has 0 aliphatic heterocycles. The summed E-state index contributed by atoms with van der Waals surface area (Å²) in [6.07, 6.45) is 3.08. The molecule has 0 aliphatic rings. The Morgan fingerprint density at radius 3 is 2.00 bits per heavy atom. The molecule has 0 amide bonds. The summed E-state index contributed by atoms with van der Waals surface area (Å²) in [5, 5.41) is 3.64. The molecule has 1 N–H and O–H groups in total. The molecule has 114 valence electrons. The van der Waals surface area contributed by atoms with Crippen LogP contribution in [-0.2, 0) is 11.2 Å². The van der Waals surface area contributed by atoms with E-state index in [0.717, 1.165) is 25.8 Å². The monoisotopic (exact) mass is 277 g/mol. The van der Waals surface area contributed by atoms with E-state index in [1.54, 1.807) is 0 Å². The summed E-state index contributed by atoms with van der Waals surface area (Å²) in [4.78, 5) is 0. The Morgan fingerprint density at radius 1 is 1.05 bits per heavy atom. The minimum absolute atomic E-state index is 0.0757. The third-order valence-corrected chi connectivity index (χ3v) is 4.41. The first kappa shape index (κ1) is 17.2. The van der Waals surface area contributed by atoms with Crippen LogP contribution >= 0.6 is 0 Å². The van der Waals surface area contributed by atoms with Gasteiger partial charge >= 0.3 is 0 Å². The van der Waals surface area contributed by atoms with Crippen LogP contribution in [-0.4, -0.2) is 25.3 Å². The highest BCUT2D eigenvalue weighted by atomic mass is 16.5. The molecule has 1 rings (SSSR count). The fourth-order valence-corrected chi connectivity index (χ4v) is 3.29. The fourth-order valence-electron chi connectivity index (χ4n) is 3.29. The number of rotatable bonds is 8. The summed E-state index contributed by atoms with van der Waals surface area (Å²) >= 11 is 0. The minimum Gasteiger partial charge on any atom is -0.377 e. The van der Waals surface area contributed by atoms with Crippen LogP contribution in [0.15, 0.2) is 18.2 Å². The Balaban J connectivity index is 3.01. The van der Waals surface area contributed by atoms with Crippen molar-refractivity contribution in [2.75, 3.05) is 13.7 Å². The highest BCUT2D eigenvalue weighted by Crippen LogP contribution is 2.27. The molecule has 2 nitrogen and oxygen atoms in total. The van der Waals surface area contributed by atoms with E-state index in [1.165, 1.54) is 16.7 Å². The summed E-state index contributed by atoms with van der Waals surface area (Å²) in [5.41, 5.74) is 4.00. The molecule has 1 atom stereocenters. The molecule has 2 heteroatoms. The van der Waals surface area contributed by atoms with Crippen molar-refractivity contribution < 1.29 is 4.74 Å². The van der Waals surface area contributed by atoms with Gasteiger partial charge in [-0.05, 0) is 45.2 Å². The van der Waals surface area contributed by atoms with Gasteiger partial charge in [0.1, 0.15) is 0 Å². The lowest BCUT2D eigenvalue weighted by Crippen LogP contribution is -2.52. The van der Waals surface area contributed by atoms with E-state index < -0.39 is 0 Å². The van der Waals surface area contributed by atoms with Gasteiger partial charge < -0.3 is 10.1 Å². The molecule has 0 aliphatic carbocycles. The van der Waals surface area contributed by atoms with E-state index >= 15 is 0 Å². The number of hydrogen-bond acceptors (Lipinski definition) is 2. The maximum Gasteiger partial charge on any atom is 0.0828 e. The summed E-state index contributed by atoms with van der Waals surface area (Å²) in [7, 11) is 1.85. The zero-order chi connectivity index (χ0) is 15.2. The van der Waals surface area contributed by atoms with E-state index in [-0.39, 0.29) is 5.60 Å². The van der Waals surface area contributed by atoms with Gasteiger partial charge in [-0.3, -0.25) is 0 Å². The molecule has 0 aromatic heterocycles. The highest BCUT2D eigenvalue weighted by molar-refractivity contribution is 5.29. The lowest BCUT2D eigenvalue weighted by molar-refractivity contribution is -0.0468. The number of methoxy groups -OCH3 is 1. The van der Waals surface area contributed by atoms with Crippen molar-refractivity contribution in [1.82, 2.24) is 5.32 Å². The first-order chi connectivity index (χ1) is 9.51. The Kier molecular flexibility index (Phi) is 6.70. The largest absolute Gasteiger partial charge is 0.377 e. The van der Waals surface area contributed by atoms with Crippen molar-refractivity contribution in [2.24, 2.45) is 0 Å². The van der Waals surface area contributed by atoms with E-state index in [2.05, 4.69) is 58.1 Å². The number of likely N-dealkylation sites (N-methyl/N-ethyl adjacent to an activating group) is 1. The molecular formula is C18H31NO. The van der Waals surface area contributed by atoms with Gasteiger partial charge in [0.05, 0.1) is 5.60 Å². The molecule has 1 aromatic carbocycles. The van der Waals surface area contributed by atoms with Crippen LogP contribution in [0.5, 0.6) is 0 Å². The molecule has 0 fully saturated rings. The summed E-state index contributed by atoms with van der Waals surface area (Å²) in [6.45, 7) is 11.9. The van der Waals surface area contributed by atoms with Crippen LogP contribution in [0, 0.1) is 13.8 Å². The summed E-state index contributed by atoms with van der Waals surface area (Å²) < 4.78 is 5.92. The minimum atomic E-state index is -0.0757. The van der Waals surface area contributed by atoms with Crippen molar-refractivity contribution in [3.8, 4) is 0 Å². The lowest BCUT2D eigenvalue weighted by atomic mass is 9.84. The van der Waals surface area contributed by atoms with Gasteiger partial charge in [0.2, 0.25) is 0 Å². The van der Waals surface area contributed by atoms with Crippen LogP contribution in [0.1, 0.15) is 50.3 Å². The maximum atomic E-state index is 5.92. The van der Waals surface area contributed by atoms with Crippen molar-refractivity contribution in [3.05, 3.63) is 34.9 Å². The summed E-state index contributed by atoms with van der Waals surface area (Å²) in [5.74, 6) is 0. The van der Waals surface area contributed by atoms with Crippen molar-refractivity contribution >= 4 is 0 Å². The van der Waals surface area contributed by atoms with Crippen LogP contribution in [0.4, 0.5) is 0 Å². The Hall–Kier alpha value is -0.860. The van der Waals surface area contributed by atoms with E-state index in [1.807, 2.05) is 7.11 Å². The Bertz CT molecular complexity index is 381. The second-order valence-corrected chi connectivity index (χ2v) is 5.79. The van der Waals surface area contributed by atoms with Gasteiger partial charge in [-0.1, -0.05) is 50.1 Å². The first-order valence-electron chi connectivity index (χ1n) is 7.87. The maximum absolute atomic E-state index is 5.92. The molecule has 0 bridgehead atoms. The predicted octanol–water partition coefficient (Wildman–Crippen LogP) is 4.03. The second-order valence-electron chi connectivity index (χ2n) is 5.79. The van der Waals surface area contributed by atoms with Crippen LogP contribution in [0.25, 0.3) is 0 Å². The van der Waals surface area contributed by atoms with Crippen LogP contribution in [0.3, 0.4) is 0 Å². The molecule has 0 radical (unpaired) electrons. The summed E-state index contributed by atoms with van der Waals surface area (Å²) in [6, 6.07) is 7.18. The Morgan fingerprint density at radius 2 is 1.60 bits per heavy atom. The Labute approximate surface area is 124 Å². The van der Waals surface area contributed by atoms with E-state index in [4.69, 9.17) is 4.74 Å². The number of hydrogen-bond donors (Lipinski definition) is 1. The topological polar surface area (TPSA) is 21.3 Å². The molecule has 20 heavy (non-hydrogen) atoms. The number of ether oxygens (including phenoxy) is 1. The molecular weight excluding hydrogens is 246 g/mol. The third kappa shape index (κ3) is 4.07. The van der Waals surface area contributed by atoms with Gasteiger partial charge in [-0.2, -0.15) is 0 Å². The number of aryl methyl sites for hydroxylation is 2. The smallest absolute Gasteiger partial charge is 0.0828 e. The molecule has 1 aromatic rings. The second kappa shape index (κ2) is 7.80. The highest BCUT2D eigenvalue weighted by Gasteiger charge is 2.35. The number of benzene rings is 1. The van der Waals surface area contributed by atoms with Gasteiger partial charge in [-0.25, -0.2) is 0 Å². The van der Waals surface area contributed by atoms with Gasteiger partial charge in [0, 0.05) is 13.2 Å². The average Bonchev–Trinajstić information content (AvgIpc) is 2.40. The third-order valence-electron chi connectivity index (χ3n) is 4.41. The molecule has 0 heterocycles. The van der Waals surface area contributed by atoms with Crippen molar-refractivity contribution in [1.29, 1.82) is 0 Å². The average molecular weight is 277 g/mol. The normalized spacial score (nSPS) is 13.5. The van der Waals surface area contributed by atoms with Gasteiger partial charge in [0.25, 0.3) is 0 Å². The molecule has 0 saturated heterocycles. The zero-order valence-corrected chi connectivity index (χ0v) is 14.0. The van der Waals surface area contributed by atoms with E-state index in [0.29, 0.717) is 6.04 Å². The predicted molar refractivity (Wildman–Crippen MR) is 87.4 cm³/mol. The van der Waals surface area contributed by atoms with Crippen molar-refractivity contribution in [3.63, 3.8) is 0 Å². The fraction of sp³-hybridized carbons (Fsp3) is 0.667. The van der Waals surface area contributed by atoms with Crippen LogP contribution in [0.2, 0.25) is 0 Å². The van der Waals surface area contributed by atoms with Gasteiger partial charge in [0.15, 0.2) is 0 Å². The molecule has 1 unspecified atom stereocenters. The molecule has 0 spiro atoms. The zero-order valence-electron chi connectivity index (χ0n) is 14.0. The SMILES string of the molecule is CCNC(Cc1cc(C)cc(C)c1)C(CC)(CC)OC. The first-order valence-corrected chi connectivity index (χ1v) is 7.87. The lowest BCUT2D eigenvalue weighted by Gasteiger charge is -2.39. The van der Waals surface area contributed by atoms with E-state index in [9.17, 15) is 0 Å². The molecule has 0 saturated carbocycles. The quantitative estimate of drug-likeness (QED) is 0.774. The van der Waals surface area contributed by atoms with Gasteiger partial charge in [-0.15, -0.1) is 0 Å².